The normalized spacial score (nSPS) is 12.2. The summed E-state index contributed by atoms with van der Waals surface area (Å²) in [5.41, 5.74) is 5.27. The zero-order valence-corrected chi connectivity index (χ0v) is 17.6. The molecule has 0 aliphatic heterocycles. The molecule has 0 aliphatic carbocycles. The molecule has 2 aromatic carbocycles. The number of hydrogen-bond acceptors (Lipinski definition) is 2. The van der Waals surface area contributed by atoms with Crippen molar-refractivity contribution in [2.45, 2.75) is 47.1 Å². The monoisotopic (exact) mass is 396 g/mol. The van der Waals surface area contributed by atoms with E-state index in [9.17, 15) is 9.59 Å². The first kappa shape index (κ1) is 20.2. The van der Waals surface area contributed by atoms with Crippen molar-refractivity contribution in [2.24, 2.45) is 0 Å². The van der Waals surface area contributed by atoms with E-state index in [0.717, 1.165) is 33.2 Å². The molecule has 1 heterocycles. The van der Waals surface area contributed by atoms with Crippen molar-refractivity contribution >= 4 is 34.1 Å². The van der Waals surface area contributed by atoms with Crippen LogP contribution in [0.3, 0.4) is 0 Å². The van der Waals surface area contributed by atoms with Crippen molar-refractivity contribution in [1.29, 1.82) is 0 Å². The number of nitrogens with one attached hydrogen (secondary N) is 1. The maximum atomic E-state index is 13.2. The van der Waals surface area contributed by atoms with Gasteiger partial charge in [0.2, 0.25) is 5.91 Å². The minimum absolute atomic E-state index is 0.165. The molecule has 0 saturated carbocycles. The van der Waals surface area contributed by atoms with Gasteiger partial charge in [0.15, 0.2) is 0 Å². The summed E-state index contributed by atoms with van der Waals surface area (Å²) in [4.78, 5) is 26.1. The molecule has 1 amide bonds. The maximum Gasteiger partial charge on any atom is 0.252 e. The van der Waals surface area contributed by atoms with Crippen LogP contribution in [0.2, 0.25) is 5.02 Å². The largest absolute Gasteiger partial charge is 0.324 e. The first-order valence-electron chi connectivity index (χ1n) is 9.43. The maximum absolute atomic E-state index is 13.2. The second kappa shape index (κ2) is 7.80. The van der Waals surface area contributed by atoms with Crippen molar-refractivity contribution < 1.29 is 4.79 Å². The summed E-state index contributed by atoms with van der Waals surface area (Å²) in [6.07, 6.45) is 0.497. The Hall–Kier alpha value is -2.59. The summed E-state index contributed by atoms with van der Waals surface area (Å²) in [5.74, 6) is -0.222. The van der Waals surface area contributed by atoms with Crippen molar-refractivity contribution in [2.75, 3.05) is 5.32 Å². The van der Waals surface area contributed by atoms with Crippen LogP contribution in [-0.2, 0) is 4.79 Å². The SMILES string of the molecule is CCC(C(=O)Nc1cc(Cl)ccc1C)n1c(=O)cc(C)c2cc(C)cc(C)c21. The summed E-state index contributed by atoms with van der Waals surface area (Å²) >= 11 is 6.08. The van der Waals surface area contributed by atoms with Gasteiger partial charge in [0.1, 0.15) is 6.04 Å². The number of halogens is 1. The zero-order chi connectivity index (χ0) is 20.6. The number of carbonyl (C=O) groups excluding carboxylic acids is 1. The van der Waals surface area contributed by atoms with Crippen molar-refractivity contribution in [3.8, 4) is 0 Å². The van der Waals surface area contributed by atoms with E-state index in [1.165, 1.54) is 0 Å². The number of nitrogens with zero attached hydrogens (tertiary/aromatic N) is 1. The molecule has 0 saturated heterocycles. The van der Waals surface area contributed by atoms with Gasteiger partial charge in [-0.05, 0) is 69.0 Å². The number of aryl methyl sites for hydroxylation is 4. The Bertz CT molecular complexity index is 1130. The smallest absolute Gasteiger partial charge is 0.252 e. The van der Waals surface area contributed by atoms with E-state index in [2.05, 4.69) is 11.4 Å². The summed E-state index contributed by atoms with van der Waals surface area (Å²) in [6.45, 7) is 9.77. The Balaban J connectivity index is 2.15. The highest BCUT2D eigenvalue weighted by molar-refractivity contribution is 6.31. The van der Waals surface area contributed by atoms with Gasteiger partial charge in [0.05, 0.1) is 5.52 Å². The van der Waals surface area contributed by atoms with Gasteiger partial charge < -0.3 is 5.32 Å². The molecule has 4 nitrogen and oxygen atoms in total. The average molecular weight is 397 g/mol. The number of carbonyl (C=O) groups is 1. The molecular weight excluding hydrogens is 372 g/mol. The lowest BCUT2D eigenvalue weighted by Crippen LogP contribution is -2.33. The van der Waals surface area contributed by atoms with Crippen LogP contribution in [0.25, 0.3) is 10.9 Å². The van der Waals surface area contributed by atoms with E-state index in [0.29, 0.717) is 17.1 Å². The summed E-state index contributed by atoms with van der Waals surface area (Å²) < 4.78 is 1.63. The fourth-order valence-corrected chi connectivity index (χ4v) is 3.93. The number of amides is 1. The Kier molecular flexibility index (Phi) is 5.61. The predicted molar refractivity (Wildman–Crippen MR) is 117 cm³/mol. The molecule has 0 bridgehead atoms. The fourth-order valence-electron chi connectivity index (χ4n) is 3.76. The van der Waals surface area contributed by atoms with Crippen LogP contribution in [0.5, 0.6) is 0 Å². The number of hydrogen-bond donors (Lipinski definition) is 1. The van der Waals surface area contributed by atoms with Crippen LogP contribution in [0.15, 0.2) is 41.2 Å². The molecule has 1 atom stereocenters. The van der Waals surface area contributed by atoms with Crippen molar-refractivity contribution in [1.82, 2.24) is 4.57 Å². The Morgan fingerprint density at radius 2 is 1.75 bits per heavy atom. The van der Waals surface area contributed by atoms with Gasteiger partial charge in [0.25, 0.3) is 5.56 Å². The van der Waals surface area contributed by atoms with E-state index >= 15 is 0 Å². The van der Waals surface area contributed by atoms with Gasteiger partial charge >= 0.3 is 0 Å². The molecule has 28 heavy (non-hydrogen) atoms. The molecule has 0 fully saturated rings. The molecule has 1 aromatic heterocycles. The second-order valence-electron chi connectivity index (χ2n) is 7.39. The predicted octanol–water partition coefficient (Wildman–Crippen LogP) is 5.48. The number of aromatic nitrogens is 1. The number of pyridine rings is 1. The minimum atomic E-state index is -0.615. The number of anilines is 1. The Morgan fingerprint density at radius 3 is 2.43 bits per heavy atom. The third-order valence-electron chi connectivity index (χ3n) is 5.15. The highest BCUT2D eigenvalue weighted by Crippen LogP contribution is 2.27. The molecule has 3 rings (SSSR count). The van der Waals surface area contributed by atoms with Gasteiger partial charge in [-0.15, -0.1) is 0 Å². The van der Waals surface area contributed by atoms with Crippen molar-refractivity contribution in [3.63, 3.8) is 0 Å². The van der Waals surface area contributed by atoms with Gasteiger partial charge in [-0.25, -0.2) is 0 Å². The number of fused-ring (bicyclic) bond motifs is 1. The standard InChI is InChI=1S/C23H25ClN2O2/c1-6-20(23(28)25-19-12-17(24)8-7-14(19)3)26-21(27)11-15(4)18-10-13(2)9-16(5)22(18)26/h7-12,20H,6H2,1-5H3,(H,25,28). The molecule has 1 unspecified atom stereocenters. The van der Waals surface area contributed by atoms with E-state index in [1.54, 1.807) is 22.8 Å². The summed E-state index contributed by atoms with van der Waals surface area (Å²) in [6, 6.07) is 10.5. The van der Waals surface area contributed by atoms with Crippen LogP contribution in [0.1, 0.15) is 41.6 Å². The van der Waals surface area contributed by atoms with E-state index in [1.807, 2.05) is 46.8 Å². The summed E-state index contributed by atoms with van der Waals surface area (Å²) in [5, 5.41) is 4.51. The van der Waals surface area contributed by atoms with E-state index < -0.39 is 6.04 Å². The molecule has 1 N–H and O–H groups in total. The van der Waals surface area contributed by atoms with Gasteiger partial charge in [0, 0.05) is 22.2 Å². The Labute approximate surface area is 170 Å². The lowest BCUT2D eigenvalue weighted by atomic mass is 10.0. The van der Waals surface area contributed by atoms with Gasteiger partial charge in [-0.2, -0.15) is 0 Å². The zero-order valence-electron chi connectivity index (χ0n) is 16.9. The highest BCUT2D eigenvalue weighted by Gasteiger charge is 2.23. The van der Waals surface area contributed by atoms with Gasteiger partial charge in [-0.1, -0.05) is 36.2 Å². The molecular formula is C23H25ClN2O2. The van der Waals surface area contributed by atoms with Crippen LogP contribution in [0.4, 0.5) is 5.69 Å². The minimum Gasteiger partial charge on any atom is -0.324 e. The molecule has 0 spiro atoms. The van der Waals surface area contributed by atoms with E-state index in [-0.39, 0.29) is 11.5 Å². The highest BCUT2D eigenvalue weighted by atomic mass is 35.5. The second-order valence-corrected chi connectivity index (χ2v) is 7.82. The van der Waals surface area contributed by atoms with Crippen LogP contribution < -0.4 is 10.9 Å². The molecule has 3 aromatic rings. The molecule has 146 valence electrons. The van der Waals surface area contributed by atoms with Crippen LogP contribution >= 0.6 is 11.6 Å². The third-order valence-corrected chi connectivity index (χ3v) is 5.38. The number of rotatable bonds is 4. The molecule has 5 heteroatoms. The Morgan fingerprint density at radius 1 is 1.04 bits per heavy atom. The lowest BCUT2D eigenvalue weighted by Gasteiger charge is -2.23. The third kappa shape index (κ3) is 3.69. The average Bonchev–Trinajstić information content (AvgIpc) is 2.61. The lowest BCUT2D eigenvalue weighted by molar-refractivity contribution is -0.119. The first-order valence-corrected chi connectivity index (χ1v) is 9.80. The van der Waals surface area contributed by atoms with Crippen LogP contribution in [0, 0.1) is 27.7 Å². The molecule has 0 radical (unpaired) electrons. The topological polar surface area (TPSA) is 51.1 Å². The van der Waals surface area contributed by atoms with Crippen molar-refractivity contribution in [3.05, 3.63) is 74.0 Å². The number of benzene rings is 2. The fraction of sp³-hybridized carbons (Fsp3) is 0.304. The van der Waals surface area contributed by atoms with Gasteiger partial charge in [-0.3, -0.25) is 14.2 Å². The van der Waals surface area contributed by atoms with Crippen LogP contribution in [-0.4, -0.2) is 10.5 Å². The first-order chi connectivity index (χ1) is 13.2. The molecule has 0 aliphatic rings. The quantitative estimate of drug-likeness (QED) is 0.634. The summed E-state index contributed by atoms with van der Waals surface area (Å²) in [7, 11) is 0. The van der Waals surface area contributed by atoms with E-state index in [4.69, 9.17) is 11.6 Å².